The summed E-state index contributed by atoms with van der Waals surface area (Å²) in [5, 5.41) is 0. The maximum atomic E-state index is 12.4. The van der Waals surface area contributed by atoms with E-state index in [0.29, 0.717) is 5.56 Å². The summed E-state index contributed by atoms with van der Waals surface area (Å²) in [5.74, 6) is -0.0582. The van der Waals surface area contributed by atoms with Crippen molar-refractivity contribution in [2.75, 3.05) is 0 Å². The van der Waals surface area contributed by atoms with Gasteiger partial charge in [0.05, 0.1) is 4.90 Å². The van der Waals surface area contributed by atoms with E-state index in [4.69, 9.17) is 0 Å². The molecule has 2 aromatic rings. The zero-order valence-electron chi connectivity index (χ0n) is 12.1. The number of para-hydroxylation sites is 1. The van der Waals surface area contributed by atoms with E-state index in [-0.39, 0.29) is 17.2 Å². The molecule has 0 aliphatic rings. The van der Waals surface area contributed by atoms with Crippen LogP contribution in [0, 0.1) is 6.92 Å². The van der Waals surface area contributed by atoms with E-state index in [2.05, 4.69) is 25.4 Å². The molecule has 1 N–H and O–H groups in total. The lowest BCUT2D eigenvalue weighted by Gasteiger charge is -2.12. The number of alkyl halides is 2. The van der Waals surface area contributed by atoms with Crippen molar-refractivity contribution >= 4 is 26.0 Å². The Bertz CT molecular complexity index is 797. The molecule has 0 fully saturated rings. The number of ether oxygens (including phenoxy) is 1. The maximum absolute atomic E-state index is 12.4. The highest BCUT2D eigenvalue weighted by molar-refractivity contribution is 9.10. The lowest BCUT2D eigenvalue weighted by molar-refractivity contribution is -0.0504. The van der Waals surface area contributed by atoms with Gasteiger partial charge in [0.2, 0.25) is 10.0 Å². The van der Waals surface area contributed by atoms with Gasteiger partial charge >= 0.3 is 6.61 Å². The summed E-state index contributed by atoms with van der Waals surface area (Å²) in [6, 6.07) is 10.7. The fourth-order valence-electron chi connectivity index (χ4n) is 1.90. The molecule has 0 unspecified atom stereocenters. The summed E-state index contributed by atoms with van der Waals surface area (Å²) < 4.78 is 56.8. The third-order valence-corrected chi connectivity index (χ3v) is 5.37. The Hall–Kier alpha value is -1.51. The monoisotopic (exact) mass is 405 g/mol. The predicted octanol–water partition coefficient (Wildman–Crippen LogP) is 3.84. The molecule has 0 aliphatic heterocycles. The van der Waals surface area contributed by atoms with Crippen molar-refractivity contribution in [2.24, 2.45) is 0 Å². The first-order valence-electron chi connectivity index (χ1n) is 6.58. The van der Waals surface area contributed by atoms with Crippen LogP contribution >= 0.6 is 15.9 Å². The molecule has 124 valence electrons. The molecule has 23 heavy (non-hydrogen) atoms. The third kappa shape index (κ3) is 4.73. The number of nitrogens with one attached hydrogen (secondary N) is 1. The van der Waals surface area contributed by atoms with Gasteiger partial charge in [0.25, 0.3) is 0 Å². The van der Waals surface area contributed by atoms with Crippen LogP contribution in [0.15, 0.2) is 51.8 Å². The summed E-state index contributed by atoms with van der Waals surface area (Å²) >= 11 is 3.30. The van der Waals surface area contributed by atoms with Crippen molar-refractivity contribution in [2.45, 2.75) is 25.0 Å². The van der Waals surface area contributed by atoms with Crippen LogP contribution in [0.2, 0.25) is 0 Å². The highest BCUT2D eigenvalue weighted by Crippen LogP contribution is 2.22. The van der Waals surface area contributed by atoms with Crippen molar-refractivity contribution in [1.29, 1.82) is 0 Å². The largest absolute Gasteiger partial charge is 0.434 e. The molecule has 4 nitrogen and oxygen atoms in total. The van der Waals surface area contributed by atoms with Gasteiger partial charge < -0.3 is 4.74 Å². The zero-order valence-corrected chi connectivity index (χ0v) is 14.5. The standard InChI is InChI=1S/C15H14BrF2NO3S/c1-10-8-12(6-7-13(10)16)23(20,21)19-9-11-4-2-3-5-14(11)22-15(17)18/h2-8,15,19H,9H2,1H3. The van der Waals surface area contributed by atoms with Crippen LogP contribution in [0.5, 0.6) is 5.75 Å². The number of sulfonamides is 1. The average molecular weight is 406 g/mol. The van der Waals surface area contributed by atoms with E-state index >= 15 is 0 Å². The molecule has 8 heteroatoms. The number of benzene rings is 2. The first-order chi connectivity index (χ1) is 10.8. The number of halogens is 3. The number of rotatable bonds is 6. The van der Waals surface area contributed by atoms with Crippen molar-refractivity contribution < 1.29 is 21.9 Å². The van der Waals surface area contributed by atoms with Crippen molar-refractivity contribution in [3.05, 3.63) is 58.1 Å². The fourth-order valence-corrected chi connectivity index (χ4v) is 3.24. The van der Waals surface area contributed by atoms with Gasteiger partial charge in [0.15, 0.2) is 0 Å². The highest BCUT2D eigenvalue weighted by Gasteiger charge is 2.16. The maximum Gasteiger partial charge on any atom is 0.387 e. The van der Waals surface area contributed by atoms with Gasteiger partial charge in [0.1, 0.15) is 5.75 Å². The van der Waals surface area contributed by atoms with Gasteiger partial charge in [0, 0.05) is 16.6 Å². The van der Waals surface area contributed by atoms with E-state index in [9.17, 15) is 17.2 Å². The minimum atomic E-state index is -3.76. The minimum absolute atomic E-state index is 0.0582. The molecule has 0 heterocycles. The topological polar surface area (TPSA) is 55.4 Å². The van der Waals surface area contributed by atoms with Gasteiger partial charge in [-0.2, -0.15) is 8.78 Å². The molecule has 0 amide bonds. The fraction of sp³-hybridized carbons (Fsp3) is 0.200. The quantitative estimate of drug-likeness (QED) is 0.794. The Kier molecular flexibility index (Phi) is 5.72. The van der Waals surface area contributed by atoms with Gasteiger partial charge in [-0.25, -0.2) is 13.1 Å². The molecule has 0 saturated heterocycles. The van der Waals surface area contributed by atoms with E-state index in [0.717, 1.165) is 10.0 Å². The smallest absolute Gasteiger partial charge is 0.387 e. The first kappa shape index (κ1) is 17.8. The second-order valence-corrected chi connectivity index (χ2v) is 7.34. The molecule has 2 aromatic carbocycles. The molecule has 0 aromatic heterocycles. The summed E-state index contributed by atoms with van der Waals surface area (Å²) in [6.07, 6.45) is 0. The van der Waals surface area contributed by atoms with Gasteiger partial charge in [-0.1, -0.05) is 34.1 Å². The lowest BCUT2D eigenvalue weighted by atomic mass is 10.2. The first-order valence-corrected chi connectivity index (χ1v) is 8.86. The number of hydrogen-bond acceptors (Lipinski definition) is 3. The molecule has 2 rings (SSSR count). The molecule has 0 radical (unpaired) electrons. The second kappa shape index (κ2) is 7.37. The third-order valence-electron chi connectivity index (χ3n) is 3.08. The van der Waals surface area contributed by atoms with E-state index in [1.54, 1.807) is 19.1 Å². The van der Waals surface area contributed by atoms with E-state index < -0.39 is 16.6 Å². The summed E-state index contributed by atoms with van der Waals surface area (Å²) in [4.78, 5) is 0.102. The Morgan fingerprint density at radius 1 is 1.22 bits per heavy atom. The molecular formula is C15H14BrF2NO3S. The van der Waals surface area contributed by atoms with E-state index in [1.165, 1.54) is 30.3 Å². The van der Waals surface area contributed by atoms with Gasteiger partial charge in [-0.05, 0) is 36.8 Å². The van der Waals surface area contributed by atoms with Gasteiger partial charge in [-0.15, -0.1) is 0 Å². The van der Waals surface area contributed by atoms with Crippen molar-refractivity contribution in [3.8, 4) is 5.75 Å². The molecule has 0 spiro atoms. The predicted molar refractivity (Wildman–Crippen MR) is 86.0 cm³/mol. The summed E-state index contributed by atoms with van der Waals surface area (Å²) in [7, 11) is -3.76. The van der Waals surface area contributed by atoms with Crippen LogP contribution in [0.3, 0.4) is 0 Å². The Morgan fingerprint density at radius 2 is 1.91 bits per heavy atom. The van der Waals surface area contributed by atoms with Crippen LogP contribution in [0.1, 0.15) is 11.1 Å². The molecule has 0 atom stereocenters. The zero-order chi connectivity index (χ0) is 17.0. The average Bonchev–Trinajstić information content (AvgIpc) is 2.48. The van der Waals surface area contributed by atoms with Crippen LogP contribution in [0.4, 0.5) is 8.78 Å². The van der Waals surface area contributed by atoms with Crippen LogP contribution in [-0.4, -0.2) is 15.0 Å². The number of aryl methyl sites for hydroxylation is 1. The Morgan fingerprint density at radius 3 is 2.57 bits per heavy atom. The van der Waals surface area contributed by atoms with Crippen molar-refractivity contribution in [1.82, 2.24) is 4.72 Å². The normalized spacial score (nSPS) is 11.7. The molecule has 0 bridgehead atoms. The SMILES string of the molecule is Cc1cc(S(=O)(=O)NCc2ccccc2OC(F)F)ccc1Br. The highest BCUT2D eigenvalue weighted by atomic mass is 79.9. The van der Waals surface area contributed by atoms with Crippen molar-refractivity contribution in [3.63, 3.8) is 0 Å². The van der Waals surface area contributed by atoms with E-state index in [1.807, 2.05) is 0 Å². The number of hydrogen-bond donors (Lipinski definition) is 1. The van der Waals surface area contributed by atoms with Gasteiger partial charge in [-0.3, -0.25) is 0 Å². The molecule has 0 aliphatic carbocycles. The van der Waals surface area contributed by atoms with Crippen LogP contribution in [-0.2, 0) is 16.6 Å². The summed E-state index contributed by atoms with van der Waals surface area (Å²) in [6.45, 7) is -1.35. The minimum Gasteiger partial charge on any atom is -0.434 e. The molecule has 0 saturated carbocycles. The molecular weight excluding hydrogens is 392 g/mol. The van der Waals surface area contributed by atoms with Crippen LogP contribution < -0.4 is 9.46 Å². The second-order valence-electron chi connectivity index (χ2n) is 4.72. The summed E-state index contributed by atoms with van der Waals surface area (Å²) in [5.41, 5.74) is 1.10. The van der Waals surface area contributed by atoms with Crippen LogP contribution in [0.25, 0.3) is 0 Å². The Balaban J connectivity index is 2.18. The Labute approximate surface area is 141 Å². The lowest BCUT2D eigenvalue weighted by Crippen LogP contribution is -2.23.